The number of rotatable bonds is 5. The number of hydrogen-bond acceptors (Lipinski definition) is 4. The first kappa shape index (κ1) is 16.3. The summed E-state index contributed by atoms with van der Waals surface area (Å²) in [6.07, 6.45) is -4.57. The van der Waals surface area contributed by atoms with Crippen LogP contribution in [0.2, 0.25) is 5.02 Å². The highest BCUT2D eigenvalue weighted by Gasteiger charge is 2.31. The first-order valence-electron chi connectivity index (χ1n) is 5.14. The lowest BCUT2D eigenvalue weighted by Crippen LogP contribution is -2.29. The summed E-state index contributed by atoms with van der Waals surface area (Å²) < 4.78 is 41.9. The molecule has 0 bridgehead atoms. The summed E-state index contributed by atoms with van der Waals surface area (Å²) in [5.74, 6) is -2.36. The molecule has 1 aromatic carbocycles. The Morgan fingerprint density at radius 3 is 2.50 bits per heavy atom. The molecule has 5 nitrogen and oxygen atoms in total. The molecule has 110 valence electrons. The molecule has 0 aliphatic carbocycles. The molecule has 0 saturated carbocycles. The molecule has 0 fully saturated rings. The molecule has 1 amide bonds. The van der Waals surface area contributed by atoms with E-state index in [1.807, 2.05) is 0 Å². The minimum absolute atomic E-state index is 0.0914. The van der Waals surface area contributed by atoms with Crippen LogP contribution in [-0.2, 0) is 20.5 Å². The number of benzene rings is 1. The van der Waals surface area contributed by atoms with Crippen LogP contribution >= 0.6 is 11.6 Å². The lowest BCUT2D eigenvalue weighted by atomic mass is 10.2. The number of anilines is 1. The van der Waals surface area contributed by atoms with Crippen LogP contribution in [0.3, 0.4) is 0 Å². The molecule has 1 N–H and O–H groups in total. The molecule has 0 aliphatic heterocycles. The molecular weight excluding hydrogens is 303 g/mol. The van der Waals surface area contributed by atoms with Crippen LogP contribution in [0.5, 0.6) is 0 Å². The van der Waals surface area contributed by atoms with E-state index < -0.39 is 36.8 Å². The number of halogens is 4. The number of nitrogens with one attached hydrogen (secondary N) is 1. The second-order valence-corrected chi connectivity index (χ2v) is 4.01. The van der Waals surface area contributed by atoms with Crippen molar-refractivity contribution in [1.82, 2.24) is 0 Å². The van der Waals surface area contributed by atoms with E-state index in [0.29, 0.717) is 6.07 Å². The van der Waals surface area contributed by atoms with Crippen molar-refractivity contribution in [2.45, 2.75) is 6.18 Å². The molecule has 0 atom stereocenters. The number of alkyl halides is 3. The van der Waals surface area contributed by atoms with E-state index in [2.05, 4.69) is 10.1 Å². The molecule has 0 saturated heterocycles. The third-order valence-corrected chi connectivity index (χ3v) is 2.35. The van der Waals surface area contributed by atoms with Crippen molar-refractivity contribution in [3.8, 4) is 0 Å². The summed E-state index contributed by atoms with van der Waals surface area (Å²) in [6, 6.07) is 2.42. The van der Waals surface area contributed by atoms with Gasteiger partial charge < -0.3 is 20.0 Å². The number of carbonyl (C=O) groups is 2. The Hall–Kier alpha value is -1.80. The first-order chi connectivity index (χ1) is 9.20. The van der Waals surface area contributed by atoms with Gasteiger partial charge in [-0.3, -0.25) is 4.79 Å². The van der Waals surface area contributed by atoms with Crippen molar-refractivity contribution in [1.29, 1.82) is 0 Å². The van der Waals surface area contributed by atoms with E-state index >= 15 is 0 Å². The van der Waals surface area contributed by atoms with Crippen molar-refractivity contribution in [3.63, 3.8) is 0 Å². The van der Waals surface area contributed by atoms with E-state index in [9.17, 15) is 27.9 Å². The monoisotopic (exact) mass is 310 g/mol. The summed E-state index contributed by atoms with van der Waals surface area (Å²) >= 11 is 5.65. The zero-order chi connectivity index (χ0) is 15.3. The molecule has 0 aliphatic rings. The minimum Gasteiger partial charge on any atom is -0.548 e. The fraction of sp³-hybridized carbons (Fsp3) is 0.273. The number of hydrogen-bond donors (Lipinski definition) is 1. The number of aliphatic carboxylic acids is 1. The van der Waals surface area contributed by atoms with Crippen molar-refractivity contribution in [3.05, 3.63) is 28.8 Å². The van der Waals surface area contributed by atoms with Crippen LogP contribution in [0, 0.1) is 0 Å². The highest BCUT2D eigenvalue weighted by Crippen LogP contribution is 2.33. The highest BCUT2D eigenvalue weighted by atomic mass is 35.5. The summed E-state index contributed by atoms with van der Waals surface area (Å²) in [7, 11) is 0. The second kappa shape index (κ2) is 6.58. The molecule has 1 aromatic rings. The van der Waals surface area contributed by atoms with Crippen LogP contribution in [0.25, 0.3) is 0 Å². The molecule has 0 spiro atoms. The van der Waals surface area contributed by atoms with Gasteiger partial charge in [-0.25, -0.2) is 0 Å². The van der Waals surface area contributed by atoms with Crippen molar-refractivity contribution in [2.75, 3.05) is 18.5 Å². The van der Waals surface area contributed by atoms with Crippen molar-refractivity contribution >= 4 is 29.2 Å². The summed E-state index contributed by atoms with van der Waals surface area (Å²) in [4.78, 5) is 21.4. The van der Waals surface area contributed by atoms with Crippen LogP contribution in [-0.4, -0.2) is 25.1 Å². The maximum Gasteiger partial charge on any atom is 0.416 e. The average molecular weight is 311 g/mol. The molecule has 0 aromatic heterocycles. The van der Waals surface area contributed by atoms with Gasteiger partial charge in [0.1, 0.15) is 6.61 Å². The van der Waals surface area contributed by atoms with Crippen LogP contribution in [0.1, 0.15) is 5.56 Å². The quantitative estimate of drug-likeness (QED) is 0.882. The van der Waals surface area contributed by atoms with Crippen LogP contribution in [0.15, 0.2) is 18.2 Å². The fourth-order valence-electron chi connectivity index (χ4n) is 1.21. The predicted molar refractivity (Wildman–Crippen MR) is 60.9 cm³/mol. The van der Waals surface area contributed by atoms with Gasteiger partial charge in [-0.15, -0.1) is 0 Å². The van der Waals surface area contributed by atoms with E-state index in [0.717, 1.165) is 12.1 Å². The lowest BCUT2D eigenvalue weighted by Gasteiger charge is -2.12. The molecule has 0 unspecified atom stereocenters. The Labute approximate surface area is 116 Å². The first-order valence-corrected chi connectivity index (χ1v) is 5.52. The average Bonchev–Trinajstić information content (AvgIpc) is 2.30. The third-order valence-electron chi connectivity index (χ3n) is 2.02. The van der Waals surface area contributed by atoms with Gasteiger partial charge in [-0.05, 0) is 18.2 Å². The smallest absolute Gasteiger partial charge is 0.416 e. The van der Waals surface area contributed by atoms with Gasteiger partial charge in [-0.2, -0.15) is 13.2 Å². The van der Waals surface area contributed by atoms with Crippen molar-refractivity contribution in [2.24, 2.45) is 0 Å². The number of carboxylic acids is 1. The van der Waals surface area contributed by atoms with Gasteiger partial charge in [0.15, 0.2) is 0 Å². The second-order valence-electron chi connectivity index (χ2n) is 3.61. The Morgan fingerprint density at radius 1 is 1.30 bits per heavy atom. The van der Waals surface area contributed by atoms with E-state index in [1.54, 1.807) is 0 Å². The number of amides is 1. The summed E-state index contributed by atoms with van der Waals surface area (Å²) in [5.41, 5.74) is -1.23. The van der Waals surface area contributed by atoms with Gasteiger partial charge in [0.2, 0.25) is 5.91 Å². The van der Waals surface area contributed by atoms with Gasteiger partial charge in [0.25, 0.3) is 0 Å². The lowest BCUT2D eigenvalue weighted by molar-refractivity contribution is -0.309. The molecule has 0 radical (unpaired) electrons. The summed E-state index contributed by atoms with van der Waals surface area (Å²) in [5, 5.41) is 12.0. The molecule has 1 rings (SSSR count). The minimum atomic E-state index is -4.57. The van der Waals surface area contributed by atoms with Gasteiger partial charge >= 0.3 is 6.18 Å². The van der Waals surface area contributed by atoms with Gasteiger partial charge in [-0.1, -0.05) is 11.6 Å². The number of carbonyl (C=O) groups excluding carboxylic acids is 2. The number of ether oxygens (including phenoxy) is 1. The fourth-order valence-corrected chi connectivity index (χ4v) is 1.38. The highest BCUT2D eigenvalue weighted by molar-refractivity contribution is 6.33. The normalized spacial score (nSPS) is 11.2. The maximum absolute atomic E-state index is 12.5. The zero-order valence-corrected chi connectivity index (χ0v) is 10.5. The molecular formula is C11H8ClF3NO4-. The Kier molecular flexibility index (Phi) is 5.34. The summed E-state index contributed by atoms with van der Waals surface area (Å²) in [6.45, 7) is -1.45. The topological polar surface area (TPSA) is 78.5 Å². The van der Waals surface area contributed by atoms with Crippen molar-refractivity contribution < 1.29 is 32.6 Å². The standard InChI is InChI=1S/C11H9ClF3NO4/c12-7-2-1-6(11(13,14)15)3-8(7)16-9(17)4-20-5-10(18)19/h1-3H,4-5H2,(H,16,17)(H,18,19)/p-1. The number of carboxylic acid groups (broad SMARTS) is 1. The van der Waals surface area contributed by atoms with E-state index in [-0.39, 0.29) is 10.7 Å². The Bertz CT molecular complexity index is 519. The zero-order valence-electron chi connectivity index (χ0n) is 9.79. The third kappa shape index (κ3) is 5.06. The SMILES string of the molecule is O=C([O-])COCC(=O)Nc1cc(C(F)(F)F)ccc1Cl. The van der Waals surface area contributed by atoms with Gasteiger partial charge in [0, 0.05) is 0 Å². The van der Waals surface area contributed by atoms with Gasteiger partial charge in [0.05, 0.1) is 28.8 Å². The largest absolute Gasteiger partial charge is 0.548 e. The van der Waals surface area contributed by atoms with E-state index in [4.69, 9.17) is 11.6 Å². The molecule has 20 heavy (non-hydrogen) atoms. The predicted octanol–water partition coefficient (Wildman–Crippen LogP) is 1.06. The Morgan fingerprint density at radius 2 is 1.95 bits per heavy atom. The molecule has 0 heterocycles. The van der Waals surface area contributed by atoms with Crippen LogP contribution < -0.4 is 10.4 Å². The Balaban J connectivity index is 2.71. The maximum atomic E-state index is 12.5. The molecule has 9 heteroatoms. The van der Waals surface area contributed by atoms with E-state index in [1.165, 1.54) is 0 Å². The van der Waals surface area contributed by atoms with Crippen LogP contribution in [0.4, 0.5) is 18.9 Å².